The first-order valence-electron chi connectivity index (χ1n) is 9.89. The highest BCUT2D eigenvalue weighted by Gasteiger charge is 2.38. The SMILES string of the molecule is CC(=O)N1c2ccc(-c3ccc(CO)cc3)cc2[C@H](N(C(=O)O)C(C)C)C[C@@H]1C. The van der Waals surface area contributed by atoms with Crippen LogP contribution in [0.3, 0.4) is 0 Å². The molecule has 2 amide bonds. The summed E-state index contributed by atoms with van der Waals surface area (Å²) < 4.78 is 0. The van der Waals surface area contributed by atoms with Crippen LogP contribution in [0, 0.1) is 0 Å². The quantitative estimate of drug-likeness (QED) is 0.802. The number of carbonyl (C=O) groups excluding carboxylic acids is 1. The minimum absolute atomic E-state index is 0.0139. The molecule has 1 aliphatic rings. The fourth-order valence-electron chi connectivity index (χ4n) is 4.27. The van der Waals surface area contributed by atoms with Crippen molar-refractivity contribution in [3.63, 3.8) is 0 Å². The summed E-state index contributed by atoms with van der Waals surface area (Å²) in [6.07, 6.45) is -0.415. The average Bonchev–Trinajstić information content (AvgIpc) is 2.67. The van der Waals surface area contributed by atoms with Crippen molar-refractivity contribution in [1.82, 2.24) is 4.90 Å². The van der Waals surface area contributed by atoms with E-state index in [2.05, 4.69) is 0 Å². The lowest BCUT2D eigenvalue weighted by molar-refractivity contribution is -0.117. The first-order valence-corrected chi connectivity index (χ1v) is 9.89. The highest BCUT2D eigenvalue weighted by Crippen LogP contribution is 2.43. The number of benzene rings is 2. The van der Waals surface area contributed by atoms with E-state index in [9.17, 15) is 19.8 Å². The van der Waals surface area contributed by atoms with Crippen molar-refractivity contribution in [3.05, 3.63) is 53.6 Å². The third-order valence-corrected chi connectivity index (χ3v) is 5.57. The Hall–Kier alpha value is -2.86. The van der Waals surface area contributed by atoms with Crippen LogP contribution in [0.15, 0.2) is 42.5 Å². The van der Waals surface area contributed by atoms with E-state index in [0.717, 1.165) is 27.9 Å². The van der Waals surface area contributed by atoms with Gasteiger partial charge in [0.1, 0.15) is 0 Å². The van der Waals surface area contributed by atoms with E-state index < -0.39 is 6.09 Å². The Balaban J connectivity index is 2.15. The Morgan fingerprint density at radius 3 is 2.28 bits per heavy atom. The predicted molar refractivity (Wildman–Crippen MR) is 113 cm³/mol. The summed E-state index contributed by atoms with van der Waals surface area (Å²) in [6.45, 7) is 7.22. The first-order chi connectivity index (χ1) is 13.7. The van der Waals surface area contributed by atoms with Gasteiger partial charge in [0.2, 0.25) is 5.91 Å². The molecule has 0 aromatic heterocycles. The van der Waals surface area contributed by atoms with E-state index in [-0.39, 0.29) is 30.6 Å². The van der Waals surface area contributed by atoms with Gasteiger partial charge in [0.05, 0.1) is 12.6 Å². The summed E-state index contributed by atoms with van der Waals surface area (Å²) in [5, 5.41) is 19.1. The summed E-state index contributed by atoms with van der Waals surface area (Å²) >= 11 is 0. The number of aliphatic hydroxyl groups excluding tert-OH is 1. The minimum atomic E-state index is -0.961. The second-order valence-electron chi connectivity index (χ2n) is 7.90. The van der Waals surface area contributed by atoms with Crippen molar-refractivity contribution in [2.75, 3.05) is 4.90 Å². The smallest absolute Gasteiger partial charge is 0.408 e. The zero-order valence-electron chi connectivity index (χ0n) is 17.3. The fourth-order valence-corrected chi connectivity index (χ4v) is 4.27. The van der Waals surface area contributed by atoms with Gasteiger partial charge in [-0.2, -0.15) is 0 Å². The van der Waals surface area contributed by atoms with Crippen LogP contribution in [0.5, 0.6) is 0 Å². The lowest BCUT2D eigenvalue weighted by Crippen LogP contribution is -2.48. The Morgan fingerprint density at radius 2 is 1.76 bits per heavy atom. The predicted octanol–water partition coefficient (Wildman–Crippen LogP) is 4.42. The Bertz CT molecular complexity index is 908. The standard InChI is InChI=1S/C23H28N2O4/c1-14(2)24(23(28)29)22-11-15(3)25(16(4)27)21-10-9-19(12-20(21)22)18-7-5-17(13-26)6-8-18/h5-10,12,14-15,22,26H,11,13H2,1-4H3,(H,28,29)/t15-,22+/m0/s1. The average molecular weight is 396 g/mol. The van der Waals surface area contributed by atoms with E-state index in [1.54, 1.807) is 11.8 Å². The molecule has 3 rings (SSSR count). The number of nitrogens with zero attached hydrogens (tertiary/aromatic N) is 2. The summed E-state index contributed by atoms with van der Waals surface area (Å²) in [6, 6.07) is 12.9. The van der Waals surface area contributed by atoms with Gasteiger partial charge >= 0.3 is 6.09 Å². The van der Waals surface area contributed by atoms with E-state index in [0.29, 0.717) is 6.42 Å². The molecule has 0 spiro atoms. The van der Waals surface area contributed by atoms with Crippen LogP contribution >= 0.6 is 0 Å². The van der Waals surface area contributed by atoms with Crippen LogP contribution in [-0.4, -0.2) is 39.2 Å². The Morgan fingerprint density at radius 1 is 1.14 bits per heavy atom. The maximum atomic E-state index is 12.3. The molecule has 2 aromatic carbocycles. The van der Waals surface area contributed by atoms with Crippen LogP contribution in [0.1, 0.15) is 51.3 Å². The number of aliphatic hydroxyl groups is 1. The summed E-state index contributed by atoms with van der Waals surface area (Å²) in [5.41, 5.74) is 4.37. The van der Waals surface area contributed by atoms with Gasteiger partial charge in [0.15, 0.2) is 0 Å². The molecule has 0 saturated carbocycles. The zero-order valence-corrected chi connectivity index (χ0v) is 17.3. The molecule has 0 bridgehead atoms. The highest BCUT2D eigenvalue weighted by molar-refractivity contribution is 5.94. The number of hydrogen-bond acceptors (Lipinski definition) is 3. The Kier molecular flexibility index (Phi) is 5.94. The van der Waals surface area contributed by atoms with Gasteiger partial charge in [-0.3, -0.25) is 9.69 Å². The van der Waals surface area contributed by atoms with Gasteiger partial charge < -0.3 is 15.1 Å². The van der Waals surface area contributed by atoms with E-state index in [4.69, 9.17) is 0 Å². The van der Waals surface area contributed by atoms with E-state index in [1.807, 2.05) is 63.2 Å². The maximum absolute atomic E-state index is 12.3. The van der Waals surface area contributed by atoms with Gasteiger partial charge in [-0.25, -0.2) is 4.79 Å². The van der Waals surface area contributed by atoms with E-state index >= 15 is 0 Å². The van der Waals surface area contributed by atoms with Crippen molar-refractivity contribution in [2.24, 2.45) is 0 Å². The minimum Gasteiger partial charge on any atom is -0.465 e. The number of hydrogen-bond donors (Lipinski definition) is 2. The van der Waals surface area contributed by atoms with Crippen molar-refractivity contribution < 1.29 is 19.8 Å². The number of rotatable bonds is 4. The van der Waals surface area contributed by atoms with Crippen LogP contribution in [0.25, 0.3) is 11.1 Å². The monoisotopic (exact) mass is 396 g/mol. The zero-order chi connectivity index (χ0) is 21.3. The molecule has 6 heteroatoms. The molecule has 2 atom stereocenters. The van der Waals surface area contributed by atoms with Gasteiger partial charge in [-0.1, -0.05) is 30.3 Å². The largest absolute Gasteiger partial charge is 0.465 e. The van der Waals surface area contributed by atoms with Crippen molar-refractivity contribution in [2.45, 2.75) is 58.8 Å². The molecule has 29 heavy (non-hydrogen) atoms. The van der Waals surface area contributed by atoms with Gasteiger partial charge in [-0.15, -0.1) is 0 Å². The molecule has 1 aliphatic heterocycles. The molecule has 2 N–H and O–H groups in total. The van der Waals surface area contributed by atoms with Crippen molar-refractivity contribution >= 4 is 17.7 Å². The normalized spacial score (nSPS) is 18.5. The summed E-state index contributed by atoms with van der Waals surface area (Å²) in [4.78, 5) is 27.6. The first kappa shape index (κ1) is 20.9. The molecular formula is C23H28N2O4. The number of fused-ring (bicyclic) bond motifs is 1. The molecule has 0 unspecified atom stereocenters. The molecule has 1 heterocycles. The Labute approximate surface area is 171 Å². The lowest BCUT2D eigenvalue weighted by atomic mass is 9.87. The fraction of sp³-hybridized carbons (Fsp3) is 0.391. The van der Waals surface area contributed by atoms with Crippen LogP contribution < -0.4 is 4.90 Å². The number of amides is 2. The van der Waals surface area contributed by atoms with Gasteiger partial charge in [0, 0.05) is 24.7 Å². The number of anilines is 1. The van der Waals surface area contributed by atoms with Gasteiger partial charge in [-0.05, 0) is 61.6 Å². The molecule has 0 saturated heterocycles. The van der Waals surface area contributed by atoms with Crippen molar-refractivity contribution in [1.29, 1.82) is 0 Å². The molecule has 154 valence electrons. The molecule has 0 aliphatic carbocycles. The topological polar surface area (TPSA) is 81.1 Å². The second kappa shape index (κ2) is 8.25. The third-order valence-electron chi connectivity index (χ3n) is 5.57. The third kappa shape index (κ3) is 3.98. The van der Waals surface area contributed by atoms with Gasteiger partial charge in [0.25, 0.3) is 0 Å². The highest BCUT2D eigenvalue weighted by atomic mass is 16.4. The number of carbonyl (C=O) groups is 2. The number of carboxylic acid groups (broad SMARTS) is 1. The van der Waals surface area contributed by atoms with Crippen molar-refractivity contribution in [3.8, 4) is 11.1 Å². The molecule has 0 radical (unpaired) electrons. The molecular weight excluding hydrogens is 368 g/mol. The van der Waals surface area contributed by atoms with Crippen LogP contribution in [0.2, 0.25) is 0 Å². The summed E-state index contributed by atoms with van der Waals surface area (Å²) in [5.74, 6) is -0.0522. The van der Waals surface area contributed by atoms with Crippen LogP contribution in [0.4, 0.5) is 10.5 Å². The maximum Gasteiger partial charge on any atom is 0.408 e. The lowest BCUT2D eigenvalue weighted by Gasteiger charge is -2.43. The molecule has 0 fully saturated rings. The second-order valence-corrected chi connectivity index (χ2v) is 7.90. The van der Waals surface area contributed by atoms with Crippen LogP contribution in [-0.2, 0) is 11.4 Å². The molecule has 2 aromatic rings. The van der Waals surface area contributed by atoms with E-state index in [1.165, 1.54) is 4.90 Å². The molecule has 6 nitrogen and oxygen atoms in total. The summed E-state index contributed by atoms with van der Waals surface area (Å²) in [7, 11) is 0.